The molecule has 0 bridgehead atoms. The Hall–Kier alpha value is -8.01. The van der Waals surface area contributed by atoms with Gasteiger partial charge in [0.15, 0.2) is 15.1 Å². The zero-order valence-corrected chi connectivity index (χ0v) is 71.5. The van der Waals surface area contributed by atoms with Gasteiger partial charge in [0.05, 0.1) is 111 Å². The molecule has 0 aromatic carbocycles. The quantitative estimate of drug-likeness (QED) is 0.00670. The molecule has 7 amide bonds. The molecule has 0 saturated carbocycles. The van der Waals surface area contributed by atoms with Crippen LogP contribution >= 0.6 is 20.8 Å². The fourth-order valence-electron chi connectivity index (χ4n) is 3.93. The number of alkyl halides is 18. The van der Waals surface area contributed by atoms with Crippen molar-refractivity contribution in [1.29, 1.82) is 13.8 Å². The van der Waals surface area contributed by atoms with Gasteiger partial charge in [-0.2, -0.15) is 97.1 Å². The largest absolute Gasteiger partial charge is 2.00 e. The number of aliphatic hydroxyl groups is 10. The van der Waals surface area contributed by atoms with E-state index in [1.807, 2.05) is 19.9 Å². The van der Waals surface area contributed by atoms with Crippen molar-refractivity contribution in [3.63, 3.8) is 0 Å². The predicted octanol–water partition coefficient (Wildman–Crippen LogP) is 0.263. The van der Waals surface area contributed by atoms with E-state index in [4.69, 9.17) is 74.2 Å². The Balaban J connectivity index is -0.0000000782. The van der Waals surface area contributed by atoms with Crippen molar-refractivity contribution in [2.45, 2.75) is 186 Å². The number of nitrogens with two attached hydrogens (primary N) is 1. The molecule has 0 aromatic rings. The molecule has 41 nitrogen and oxygen atoms in total. The van der Waals surface area contributed by atoms with E-state index in [1.165, 1.54) is 83.4 Å². The van der Waals surface area contributed by atoms with E-state index >= 15 is 0 Å². The number of aliphatic hydroxyl groups excluding tert-OH is 10. The average Bonchev–Trinajstić information content (AvgIpc) is 0.899. The van der Waals surface area contributed by atoms with Gasteiger partial charge in [-0.05, 0) is 53.2 Å². The second kappa shape index (κ2) is 101. The van der Waals surface area contributed by atoms with Crippen molar-refractivity contribution in [2.24, 2.45) is 5.73 Å². The number of nitriles is 1. The zero-order chi connectivity index (χ0) is 111. The third-order valence-corrected chi connectivity index (χ3v) is 9.76. The number of halogens is 19. The molecule has 754 valence electrons. The smallest absolute Gasteiger partial charge is 0.481 e. The molecule has 62 heteroatoms. The van der Waals surface area contributed by atoms with E-state index in [0.717, 1.165) is 27.1 Å². The number of nitrogens with one attached hydrogen (secondary N) is 8. The first kappa shape index (κ1) is 125. The summed E-state index contributed by atoms with van der Waals surface area (Å²) in [5.41, 5.74) is 5.03. The third-order valence-electron chi connectivity index (χ3n) is 8.89. The molecule has 9 atom stereocenters. The van der Waals surface area contributed by atoms with Crippen molar-refractivity contribution in [3.05, 3.63) is 13.8 Å². The molecule has 0 spiro atoms. The molecule has 0 fully saturated rings. The maximum atomic E-state index is 12.0. The number of amides is 7. The molecular formula is C63H118ClF18N10NiO31P. The van der Waals surface area contributed by atoms with E-state index in [9.17, 15) is 141 Å². The average molecular weight is 2000 g/mol. The maximum absolute atomic E-state index is 12.0. The molecule has 125 heavy (non-hydrogen) atoms. The summed E-state index contributed by atoms with van der Waals surface area (Å²) in [5.74, 6) is -19.4. The Bertz CT molecular complexity index is 2910. The van der Waals surface area contributed by atoms with Gasteiger partial charge >= 0.3 is 125 Å². The molecule has 0 aliphatic carbocycles. The van der Waals surface area contributed by atoms with Crippen LogP contribution < -0.4 is 47.8 Å². The van der Waals surface area contributed by atoms with Crippen LogP contribution in [-0.4, -0.2) is 351 Å². The number of hydrogen-bond acceptors (Lipinski definition) is 33. The summed E-state index contributed by atoms with van der Waals surface area (Å²) in [6.45, 7) is 4.92. The standard InChI is InChI=1S/C10H15F3N2O4.C9H12F3NO5.C8H12F3N2O3P.C6H8F3NO4.C6H8F3NO3.C5H8F3NO2.C4H8ClNO3.C3H9NO.2C3H7.6CH4O.Ni/c1-6(15-9(18)10(11,12)13)5-19-8(17)4-3-7(16)14-2;1-5(13-8(17)9(10,11)12)4-18-7(16)3-2-6(14)15;1-6(13-7(14)8(9,10)11)5-16-17-15-4-2-3-12;1-14-4(12)3(2-11)10-5(13)6(7,8)9;1-3(4(11)13-2)10-5(12)6(7,8)9;1-3(2-10)9-4(11)5(6,7)8;1-9-4(8)3(2-7)6-5;1-3(4)2-5;2*1-3-2;6*1-2;/h6H,3-5H2,1-2H3,(H,14,16)(H,15,18);5H,2-4H2,1H3,(H,13,17)(H,14,15);6,17H,2,4-5H2,1H3,(H,13,14);3,11H,2H2,1H3,(H,10,13);3H,1-2H3,(H,10,12);3,10H,2H2,1H3,(H,9,11);3,6-7H,2H2,1H3;3,5H,2,4H2,1H3;2*1,3H2,2H3;6*2H,1H3;/q;;;;;;;;2*-1;;;;;;;+2/t6-;5-;6-;5*3-;;;;;;;;;/m00000000........./s1/i3*1D;;2*1D;;1D;;;6*2T;. The van der Waals surface area contributed by atoms with Crippen LogP contribution in [0.25, 0.3) is 0 Å². The van der Waals surface area contributed by atoms with Crippen LogP contribution in [-0.2, 0) is 112 Å². The summed E-state index contributed by atoms with van der Waals surface area (Å²) in [6, 6.07) is -7.38. The van der Waals surface area contributed by atoms with Crippen LogP contribution in [0, 0.1) is 25.2 Å². The summed E-state index contributed by atoms with van der Waals surface area (Å²) < 4.78 is 318. The van der Waals surface area contributed by atoms with E-state index in [2.05, 4.69) is 78.3 Å². The monoisotopic (exact) mass is 1990 g/mol. The summed E-state index contributed by atoms with van der Waals surface area (Å²) in [4.78, 5) is 139. The number of aliphatic carboxylic acids is 1. The number of carbonyl (C=O) groups is 13. The first-order valence-corrected chi connectivity index (χ1v) is 33.4. The number of nitrogens with zero attached hydrogens (tertiary/aromatic N) is 1. The predicted molar refractivity (Wildman–Crippen MR) is 400 cm³/mol. The third kappa shape index (κ3) is 125. The Morgan fingerprint density at radius 3 is 1.00 bits per heavy atom. The number of esters is 5. The number of methoxy groups -OCH3 is 3. The Morgan fingerprint density at radius 2 is 0.768 bits per heavy atom. The number of ether oxygens (including phenoxy) is 5. The van der Waals surface area contributed by atoms with Crippen LogP contribution in [0.4, 0.5) is 79.0 Å². The van der Waals surface area contributed by atoms with Crippen LogP contribution in [0.15, 0.2) is 0 Å². The second-order valence-corrected chi connectivity index (χ2v) is 20.0. The summed E-state index contributed by atoms with van der Waals surface area (Å²) >= 11 is 5.03. The van der Waals surface area contributed by atoms with Crippen molar-refractivity contribution in [2.75, 3.05) is 124 Å². The van der Waals surface area contributed by atoms with Gasteiger partial charge in [0, 0.05) is 76.4 Å². The number of carboxylic acids is 1. The van der Waals surface area contributed by atoms with Crippen LogP contribution in [0.5, 0.6) is 0 Å². The number of carboxylic acid groups (broad SMARTS) is 1. The minimum Gasteiger partial charge on any atom is -0.481 e. The molecule has 0 heterocycles. The molecule has 0 aliphatic heterocycles. The molecule has 1 unspecified atom stereocenters. The van der Waals surface area contributed by atoms with Crippen LogP contribution in [0.1, 0.15) is 108 Å². The van der Waals surface area contributed by atoms with Crippen molar-refractivity contribution in [1.82, 2.24) is 42.1 Å². The van der Waals surface area contributed by atoms with Gasteiger partial charge in [0.2, 0.25) is 14.5 Å². The number of carbonyl (C=O) groups excluding carboxylic acids is 12. The van der Waals surface area contributed by atoms with Gasteiger partial charge in [-0.25, -0.2) is 14.4 Å². The summed E-state index contributed by atoms with van der Waals surface area (Å²) in [6.07, 6.45) is -29.3. The van der Waals surface area contributed by atoms with Crippen LogP contribution in [0.2, 0.25) is 0 Å². The fraction of sp³-hybridized carbons (Fsp3) is 0.746. The SMILES string of the molecule is COC(=O)[C@H](CO)NC(=O)C(F)(F)F.COC(=O)[C@H](CO)NCl.[2H]C[C@@H](CO)NC(=O)C(F)(F)F.[2H]C[C@@H](COC(=O)CCC(=O)NC)NC(=O)C(F)(F)F.[2H]C[C@@H](COC(=O)CCC(=O)O)NC(=O)C(F)(F)F.[2H]C[C@@H](COPOCCC#N)NC(=O)C(F)(F)F.[2H]C[C@H](N)CO.[2H]C[C@H](NC(=O)C(F)(F)F)C(=O)OC.[3H]OC.[3H]OC.[3H]OC.[3H]OC.[3H]OC.[3H]OC.[CH2-]CC.[CH2-]CC.[Ni+2]. The zero-order valence-electron chi connectivity index (χ0n) is 80.8. The van der Waals surface area contributed by atoms with Gasteiger partial charge in [0.1, 0.15) is 25.3 Å². The minimum atomic E-state index is -5.10. The Morgan fingerprint density at radius 1 is 0.472 bits per heavy atom. The number of hydrogen-bond donors (Lipinski definition) is 20. The molecule has 21 N–H and O–H groups in total. The Kier molecular flexibility index (Phi) is 102. The molecule has 0 radical (unpaired) electrons. The minimum absolute atomic E-state index is 0. The van der Waals surface area contributed by atoms with E-state index in [1.54, 1.807) is 5.32 Å². The fourth-order valence-corrected chi connectivity index (χ4v) is 4.63. The van der Waals surface area contributed by atoms with Crippen molar-refractivity contribution >= 4 is 98.0 Å². The van der Waals surface area contributed by atoms with Gasteiger partial charge in [-0.1, -0.05) is 13.8 Å². The molecular weight excluding hydrogens is 1860 g/mol. The second-order valence-electron chi connectivity index (χ2n) is 19.0. The van der Waals surface area contributed by atoms with Gasteiger partial charge in [0.25, 0.3) is 0 Å². The van der Waals surface area contributed by atoms with Crippen molar-refractivity contribution in [3.8, 4) is 6.07 Å². The van der Waals surface area contributed by atoms with Crippen LogP contribution in [0.3, 0.4) is 0 Å². The normalized spacial score (nSPS) is 13.0. The Labute approximate surface area is 742 Å². The molecule has 0 rings (SSSR count). The molecule has 0 saturated heterocycles. The van der Waals surface area contributed by atoms with E-state index < -0.39 is 233 Å². The van der Waals surface area contributed by atoms with Crippen molar-refractivity contribution < 1.29 is 255 Å². The summed E-state index contributed by atoms with van der Waals surface area (Å²) in [7, 11) is 11.8. The first-order chi connectivity index (χ1) is 62.7. The maximum Gasteiger partial charge on any atom is 2.00 e. The first-order valence-electron chi connectivity index (χ1n) is 38.9. The number of rotatable bonds is 30. The van der Waals surface area contributed by atoms with E-state index in [-0.39, 0.29) is 81.0 Å². The van der Waals surface area contributed by atoms with E-state index in [0.29, 0.717) is 0 Å². The molecule has 0 aliphatic rings. The summed E-state index contributed by atoms with van der Waals surface area (Å²) in [5, 5.41) is 81.7. The van der Waals surface area contributed by atoms with Gasteiger partial charge in [-0.3, -0.25) is 52.7 Å². The van der Waals surface area contributed by atoms with Gasteiger partial charge in [-0.15, -0.1) is 0 Å². The van der Waals surface area contributed by atoms with Gasteiger partial charge < -0.3 is 146 Å². The topological polar surface area (TPSA) is 655 Å². The molecule has 0 aromatic heterocycles.